The molecule has 0 amide bonds. The maximum Gasteiger partial charge on any atom is 0.342 e. The summed E-state index contributed by atoms with van der Waals surface area (Å²) in [6, 6.07) is 0. The minimum atomic E-state index is -4.09. The largest absolute Gasteiger partial charge is 0.511 e. The highest BCUT2D eigenvalue weighted by Gasteiger charge is 2.27. The number of carbonyl (C=O) groups is 1. The fourth-order valence-corrected chi connectivity index (χ4v) is 1.96. The summed E-state index contributed by atoms with van der Waals surface area (Å²) in [5.74, 6) is -0.709. The van der Waals surface area contributed by atoms with E-state index in [4.69, 9.17) is 14.5 Å². The first-order chi connectivity index (χ1) is 8.35. The van der Waals surface area contributed by atoms with E-state index < -0.39 is 19.9 Å². The second-order valence-corrected chi connectivity index (χ2v) is 5.43. The number of hydrogen-bond donors (Lipinski definition) is 4. The molecule has 0 saturated carbocycles. The van der Waals surface area contributed by atoms with Gasteiger partial charge in [-0.25, -0.2) is 4.79 Å². The van der Waals surface area contributed by atoms with Crippen molar-refractivity contribution in [3.8, 4) is 0 Å². The first kappa shape index (κ1) is 14.9. The Morgan fingerprint density at radius 1 is 1.56 bits per heavy atom. The predicted octanol–water partition coefficient (Wildman–Crippen LogP) is 0.416. The first-order valence-electron chi connectivity index (χ1n) is 5.35. The zero-order chi connectivity index (χ0) is 13.8. The van der Waals surface area contributed by atoms with Crippen LogP contribution in [0.3, 0.4) is 0 Å². The van der Waals surface area contributed by atoms with Crippen LogP contribution in [0.4, 0.5) is 0 Å². The third-order valence-electron chi connectivity index (χ3n) is 2.38. The average Bonchev–Trinajstić information content (AvgIpc) is 2.64. The van der Waals surface area contributed by atoms with E-state index in [1.807, 2.05) is 0 Å². The van der Waals surface area contributed by atoms with Gasteiger partial charge >= 0.3 is 13.6 Å². The number of allylic oxidation sites excluding steroid dienone is 1. The SMILES string of the molecule is C/C=C1\COC(=O)\C1=C(/O)CCNCP(=O)(O)O. The zero-order valence-electron chi connectivity index (χ0n) is 9.92. The minimum absolute atomic E-state index is 0.0990. The van der Waals surface area contributed by atoms with Crippen LogP contribution in [0.15, 0.2) is 23.0 Å². The Morgan fingerprint density at radius 2 is 2.22 bits per heavy atom. The molecule has 0 bridgehead atoms. The normalized spacial score (nSPS) is 21.3. The fraction of sp³-hybridized carbons (Fsp3) is 0.500. The summed E-state index contributed by atoms with van der Waals surface area (Å²) in [6.45, 7) is 2.03. The van der Waals surface area contributed by atoms with Crippen LogP contribution < -0.4 is 5.32 Å². The average molecular weight is 277 g/mol. The van der Waals surface area contributed by atoms with Crippen LogP contribution in [-0.4, -0.2) is 40.3 Å². The van der Waals surface area contributed by atoms with Crippen molar-refractivity contribution < 1.29 is 29.0 Å². The van der Waals surface area contributed by atoms with Crippen molar-refractivity contribution in [3.63, 3.8) is 0 Å². The van der Waals surface area contributed by atoms with Crippen LogP contribution in [0, 0.1) is 0 Å². The topological polar surface area (TPSA) is 116 Å². The molecule has 1 heterocycles. The van der Waals surface area contributed by atoms with Gasteiger partial charge in [0.05, 0.1) is 6.29 Å². The molecule has 0 atom stereocenters. The van der Waals surface area contributed by atoms with E-state index in [2.05, 4.69) is 5.32 Å². The predicted molar refractivity (Wildman–Crippen MR) is 63.9 cm³/mol. The fourth-order valence-electron chi connectivity index (χ4n) is 1.51. The lowest BCUT2D eigenvalue weighted by Crippen LogP contribution is -2.18. The number of aliphatic hydroxyl groups is 1. The number of nitrogens with one attached hydrogen (secondary N) is 1. The van der Waals surface area contributed by atoms with Crippen LogP contribution in [0.25, 0.3) is 0 Å². The van der Waals surface area contributed by atoms with E-state index in [0.29, 0.717) is 5.57 Å². The molecule has 0 unspecified atom stereocenters. The molecule has 1 rings (SSSR count). The molecule has 0 aromatic heterocycles. The van der Waals surface area contributed by atoms with Crippen LogP contribution in [0.5, 0.6) is 0 Å². The summed E-state index contributed by atoms with van der Waals surface area (Å²) in [4.78, 5) is 28.6. The Labute approximate surface area is 104 Å². The van der Waals surface area contributed by atoms with Gasteiger partial charge in [0.15, 0.2) is 0 Å². The Kier molecular flexibility index (Phi) is 5.10. The van der Waals surface area contributed by atoms with E-state index in [1.165, 1.54) is 0 Å². The Hall–Kier alpha value is -1.14. The number of aliphatic hydroxyl groups excluding tert-OH is 1. The number of esters is 1. The van der Waals surface area contributed by atoms with Gasteiger partial charge in [-0.3, -0.25) is 4.57 Å². The van der Waals surface area contributed by atoms with Crippen molar-refractivity contribution in [2.24, 2.45) is 0 Å². The smallest absolute Gasteiger partial charge is 0.342 e. The van der Waals surface area contributed by atoms with Crippen molar-refractivity contribution in [3.05, 3.63) is 23.0 Å². The Morgan fingerprint density at radius 3 is 2.78 bits per heavy atom. The molecular weight excluding hydrogens is 261 g/mol. The van der Waals surface area contributed by atoms with Gasteiger partial charge in [0.2, 0.25) is 0 Å². The lowest BCUT2D eigenvalue weighted by molar-refractivity contribution is -0.135. The number of carbonyl (C=O) groups excluding carboxylic acids is 1. The van der Waals surface area contributed by atoms with Crippen molar-refractivity contribution in [1.29, 1.82) is 0 Å². The molecule has 1 aliphatic rings. The van der Waals surface area contributed by atoms with Crippen molar-refractivity contribution in [2.75, 3.05) is 19.4 Å². The van der Waals surface area contributed by atoms with Gasteiger partial charge in [-0.2, -0.15) is 0 Å². The highest BCUT2D eigenvalue weighted by molar-refractivity contribution is 7.51. The van der Waals surface area contributed by atoms with Gasteiger partial charge in [-0.05, 0) is 6.92 Å². The quantitative estimate of drug-likeness (QED) is 0.189. The molecule has 0 aliphatic carbocycles. The monoisotopic (exact) mass is 277 g/mol. The molecule has 7 nitrogen and oxygen atoms in total. The molecule has 1 fully saturated rings. The standard InChI is InChI=1S/C10H16NO6P/c1-2-7-5-17-10(13)9(7)8(12)3-4-11-6-18(14,15)16/h2,11-12H,3-6H2,1H3,(H2,14,15,16)/b7-2+,9-8-. The lowest BCUT2D eigenvalue weighted by Gasteiger charge is -2.07. The van der Waals surface area contributed by atoms with E-state index in [9.17, 15) is 14.5 Å². The highest BCUT2D eigenvalue weighted by atomic mass is 31.2. The summed E-state index contributed by atoms with van der Waals surface area (Å²) in [7, 11) is -4.09. The summed E-state index contributed by atoms with van der Waals surface area (Å²) < 4.78 is 15.3. The van der Waals surface area contributed by atoms with Gasteiger partial charge in [0, 0.05) is 18.5 Å². The van der Waals surface area contributed by atoms with Crippen molar-refractivity contribution in [2.45, 2.75) is 13.3 Å². The number of ether oxygens (including phenoxy) is 1. The molecular formula is C10H16NO6P. The molecule has 0 radical (unpaired) electrons. The lowest BCUT2D eigenvalue weighted by atomic mass is 10.1. The van der Waals surface area contributed by atoms with Crippen LogP contribution in [0.1, 0.15) is 13.3 Å². The molecule has 18 heavy (non-hydrogen) atoms. The highest BCUT2D eigenvalue weighted by Crippen LogP contribution is 2.32. The molecule has 1 aliphatic heterocycles. The molecule has 1 saturated heterocycles. The second kappa shape index (κ2) is 6.15. The third kappa shape index (κ3) is 4.27. The van der Waals surface area contributed by atoms with Crippen LogP contribution >= 0.6 is 7.60 Å². The van der Waals surface area contributed by atoms with Gasteiger partial charge in [0.25, 0.3) is 0 Å². The van der Waals surface area contributed by atoms with Gasteiger partial charge in [-0.1, -0.05) is 6.08 Å². The first-order valence-corrected chi connectivity index (χ1v) is 7.15. The molecule has 0 aromatic carbocycles. The molecule has 0 spiro atoms. The molecule has 8 heteroatoms. The molecule has 0 aromatic rings. The maximum atomic E-state index is 11.4. The zero-order valence-corrected chi connectivity index (χ0v) is 10.8. The van der Waals surface area contributed by atoms with Crippen LogP contribution in [0.2, 0.25) is 0 Å². The number of rotatable bonds is 5. The summed E-state index contributed by atoms with van der Waals surface area (Å²) >= 11 is 0. The third-order valence-corrected chi connectivity index (χ3v) is 3.01. The van der Waals surface area contributed by atoms with Crippen molar-refractivity contribution >= 4 is 13.6 Å². The van der Waals surface area contributed by atoms with Gasteiger partial charge in [0.1, 0.15) is 17.9 Å². The second-order valence-electron chi connectivity index (χ2n) is 3.78. The maximum absolute atomic E-state index is 11.4. The van der Waals surface area contributed by atoms with Gasteiger partial charge < -0.3 is 24.9 Å². The Balaban J connectivity index is 2.56. The summed E-state index contributed by atoms with van der Waals surface area (Å²) in [6.07, 6.45) is 1.32. The van der Waals surface area contributed by atoms with Gasteiger partial charge in [-0.15, -0.1) is 0 Å². The Bertz CT molecular complexity index is 436. The minimum Gasteiger partial charge on any atom is -0.511 e. The number of hydrogen-bond acceptors (Lipinski definition) is 5. The van der Waals surface area contributed by atoms with Crippen LogP contribution in [-0.2, 0) is 14.1 Å². The molecule has 4 N–H and O–H groups in total. The van der Waals surface area contributed by atoms with E-state index >= 15 is 0 Å². The van der Waals surface area contributed by atoms with E-state index in [-0.39, 0.29) is 30.9 Å². The molecule has 102 valence electrons. The number of cyclic esters (lactones) is 1. The van der Waals surface area contributed by atoms with Crippen molar-refractivity contribution in [1.82, 2.24) is 5.32 Å². The summed E-state index contributed by atoms with van der Waals surface area (Å²) in [5.41, 5.74) is 0.767. The summed E-state index contributed by atoms with van der Waals surface area (Å²) in [5, 5.41) is 12.3. The van der Waals surface area contributed by atoms with E-state index in [0.717, 1.165) is 0 Å². The van der Waals surface area contributed by atoms with E-state index in [1.54, 1.807) is 13.0 Å².